The average Bonchev–Trinajstić information content (AvgIpc) is 3.18. The molecule has 0 aromatic heterocycles. The Hall–Kier alpha value is -4.20. The van der Waals surface area contributed by atoms with Gasteiger partial charge in [0.2, 0.25) is 10.0 Å². The minimum Gasteiger partial charge on any atom is -0.744 e. The van der Waals surface area contributed by atoms with Gasteiger partial charge in [0, 0.05) is 33.6 Å². The van der Waals surface area contributed by atoms with Gasteiger partial charge in [0.1, 0.15) is 25.9 Å². The Balaban J connectivity index is 0.00000641. The predicted molar refractivity (Wildman–Crippen MR) is 206 cm³/mol. The number of sulfonamides is 1. The Morgan fingerprint density at radius 1 is 0.707 bits per heavy atom. The van der Waals surface area contributed by atoms with E-state index in [9.17, 15) is 39.6 Å². The first kappa shape index (κ1) is 44.9. The molecule has 6 aromatic rings. The van der Waals surface area contributed by atoms with Gasteiger partial charge in [0.15, 0.2) is 0 Å². The largest absolute Gasteiger partial charge is 1.00 e. The van der Waals surface area contributed by atoms with E-state index < -0.39 is 40.1 Å². The van der Waals surface area contributed by atoms with E-state index in [1.807, 2.05) is 6.92 Å². The van der Waals surface area contributed by atoms with Gasteiger partial charge in [-0.3, -0.25) is 5.04 Å². The molecule has 1 unspecified atom stereocenters. The molecule has 0 amide bonds. The SMILES string of the molecule is CCC(C)NS(=O)(=O)c1ccc(N=Nc2cc3c(N=Nc4ccc(Nc5ccccc5)c5c(S(=O)(=O)[O-])cccc45)cc(S(=O)(=O)[O-])cc3cc2SOO[O-])cc1.[Na+]. The van der Waals surface area contributed by atoms with Crippen LogP contribution in [0.15, 0.2) is 149 Å². The molecule has 0 saturated heterocycles. The molecule has 6 aromatic carbocycles. The third kappa shape index (κ3) is 10.7. The summed E-state index contributed by atoms with van der Waals surface area (Å²) in [5.41, 5.74) is 1.09. The fourth-order valence-corrected chi connectivity index (χ4v) is 8.55. The molecular weight excluding hydrogens is 844 g/mol. The van der Waals surface area contributed by atoms with Crippen LogP contribution in [0.1, 0.15) is 20.3 Å². The van der Waals surface area contributed by atoms with Crippen LogP contribution in [0.5, 0.6) is 0 Å². The molecule has 0 spiro atoms. The van der Waals surface area contributed by atoms with Crippen LogP contribution >= 0.6 is 12.0 Å². The van der Waals surface area contributed by atoms with Crippen LogP contribution in [0, 0.1) is 0 Å². The van der Waals surface area contributed by atoms with Gasteiger partial charge in [-0.1, -0.05) is 37.3 Å². The van der Waals surface area contributed by atoms with Crippen LogP contribution in [0.25, 0.3) is 21.5 Å². The number of azo groups is 2. The summed E-state index contributed by atoms with van der Waals surface area (Å²) >= 11 is 0.408. The van der Waals surface area contributed by atoms with E-state index in [-0.39, 0.29) is 95.4 Å². The van der Waals surface area contributed by atoms with Gasteiger partial charge >= 0.3 is 29.6 Å². The van der Waals surface area contributed by atoms with Gasteiger partial charge in [-0.25, -0.2) is 30.0 Å². The van der Waals surface area contributed by atoms with E-state index in [2.05, 4.69) is 39.9 Å². The van der Waals surface area contributed by atoms with Gasteiger partial charge in [0.05, 0.1) is 48.7 Å². The normalized spacial score (nSPS) is 13.0. The standard InChI is InChI=1S/C36H32N6O11S4.Na/c1-3-22(2)42-55(44,45)26-14-12-25(13-15-26)38-41-33-21-29-23(19-34(33)54-53-52-43)18-27(56(46,47)48)20-32(29)40-39-30-16-17-31(37-24-8-5-4-6-9-24)36-28(30)10-7-11-35(36)57(49,50)51;/h4-22,37,42-43H,3H2,1-2H3,(H,46,47,48)(H,49,50,51);/q;+1/p-3. The molecule has 58 heavy (non-hydrogen) atoms. The van der Waals surface area contributed by atoms with Gasteiger partial charge in [-0.15, -0.1) is 15.3 Å². The van der Waals surface area contributed by atoms with Gasteiger partial charge in [-0.05, 0) is 97.6 Å². The van der Waals surface area contributed by atoms with Crippen molar-refractivity contribution in [1.82, 2.24) is 4.72 Å². The molecule has 22 heteroatoms. The molecular formula is C36H29N6NaO11S4-2. The minimum atomic E-state index is -5.06. The van der Waals surface area contributed by atoms with Gasteiger partial charge in [-0.2, -0.15) is 9.45 Å². The first-order valence-electron chi connectivity index (χ1n) is 16.6. The molecule has 6 rings (SSSR count). The predicted octanol–water partition coefficient (Wildman–Crippen LogP) is 4.69. The molecule has 0 saturated carbocycles. The maximum Gasteiger partial charge on any atom is 1.00 e. The van der Waals surface area contributed by atoms with E-state index in [0.29, 0.717) is 24.2 Å². The van der Waals surface area contributed by atoms with Crippen molar-refractivity contribution in [2.45, 2.75) is 45.9 Å². The Bertz CT molecular complexity index is 2870. The van der Waals surface area contributed by atoms with Crippen molar-refractivity contribution in [3.8, 4) is 0 Å². The monoisotopic (exact) mass is 872 g/mol. The zero-order chi connectivity index (χ0) is 41.0. The zero-order valence-corrected chi connectivity index (χ0v) is 35.9. The zero-order valence-electron chi connectivity index (χ0n) is 30.6. The molecule has 0 heterocycles. The van der Waals surface area contributed by atoms with Crippen LogP contribution < -0.4 is 44.9 Å². The average molecular weight is 873 g/mol. The Morgan fingerprint density at radius 3 is 2.05 bits per heavy atom. The summed E-state index contributed by atoms with van der Waals surface area (Å²) < 4.78 is 106. The third-order valence-corrected chi connectivity index (χ3v) is 12.3. The quantitative estimate of drug-likeness (QED) is 0.0355. The molecule has 2 N–H and O–H groups in total. The summed E-state index contributed by atoms with van der Waals surface area (Å²) in [6.07, 6.45) is 0.586. The summed E-state index contributed by atoms with van der Waals surface area (Å²) in [5.74, 6) is 0. The number of rotatable bonds is 15. The first-order chi connectivity index (χ1) is 27.1. The molecule has 0 radical (unpaired) electrons. The van der Waals surface area contributed by atoms with Crippen LogP contribution in [-0.2, 0) is 39.6 Å². The number of benzene rings is 6. The van der Waals surface area contributed by atoms with Crippen molar-refractivity contribution in [2.75, 3.05) is 5.32 Å². The Morgan fingerprint density at radius 2 is 1.40 bits per heavy atom. The number of nitrogens with one attached hydrogen (secondary N) is 2. The summed E-state index contributed by atoms with van der Waals surface area (Å²) in [5, 5.41) is 34.9. The number of anilines is 2. The number of fused-ring (bicyclic) bond motifs is 2. The van der Waals surface area contributed by atoms with E-state index in [0.717, 1.165) is 18.2 Å². The molecule has 17 nitrogen and oxygen atoms in total. The van der Waals surface area contributed by atoms with Crippen molar-refractivity contribution in [1.29, 1.82) is 0 Å². The second-order valence-corrected chi connectivity index (χ2v) is 17.4. The minimum absolute atomic E-state index is 0. The summed E-state index contributed by atoms with van der Waals surface area (Å²) in [6, 6.07) is 25.8. The number of para-hydroxylation sites is 1. The molecule has 1 atom stereocenters. The maximum atomic E-state index is 12.7. The summed E-state index contributed by atoms with van der Waals surface area (Å²) in [6.45, 7) is 3.58. The van der Waals surface area contributed by atoms with Crippen molar-refractivity contribution < 1.29 is 78.5 Å². The van der Waals surface area contributed by atoms with Crippen LogP contribution in [0.2, 0.25) is 0 Å². The van der Waals surface area contributed by atoms with Crippen molar-refractivity contribution in [3.63, 3.8) is 0 Å². The van der Waals surface area contributed by atoms with E-state index in [1.165, 1.54) is 60.7 Å². The third-order valence-electron chi connectivity index (χ3n) is 8.38. The number of hydrogen-bond acceptors (Lipinski definition) is 17. The second-order valence-electron chi connectivity index (χ2n) is 12.2. The second kappa shape index (κ2) is 18.8. The first-order valence-corrected chi connectivity index (χ1v) is 21.6. The van der Waals surface area contributed by atoms with Crippen molar-refractivity contribution in [2.24, 2.45) is 20.5 Å². The topological polar surface area (TPSA) is 264 Å². The van der Waals surface area contributed by atoms with Crippen LogP contribution in [0.4, 0.5) is 34.1 Å². The molecule has 0 bridgehead atoms. The molecule has 0 fully saturated rings. The molecule has 0 aliphatic rings. The fourth-order valence-electron chi connectivity index (χ4n) is 5.52. The molecule has 0 aliphatic carbocycles. The number of hydrogen-bond donors (Lipinski definition) is 2. The van der Waals surface area contributed by atoms with E-state index in [1.54, 1.807) is 37.3 Å². The van der Waals surface area contributed by atoms with E-state index in [4.69, 9.17) is 0 Å². The Kier molecular flexibility index (Phi) is 14.6. The van der Waals surface area contributed by atoms with Crippen LogP contribution in [-0.4, -0.2) is 40.4 Å². The summed E-state index contributed by atoms with van der Waals surface area (Å²) in [4.78, 5) is -1.12. The maximum absolute atomic E-state index is 12.7. The van der Waals surface area contributed by atoms with Gasteiger partial charge < -0.3 is 19.7 Å². The number of nitrogens with zero attached hydrogens (tertiary/aromatic N) is 4. The van der Waals surface area contributed by atoms with Crippen molar-refractivity contribution in [3.05, 3.63) is 109 Å². The fraction of sp³-hybridized carbons (Fsp3) is 0.111. The molecule has 0 aliphatic heterocycles. The van der Waals surface area contributed by atoms with Crippen LogP contribution in [0.3, 0.4) is 0 Å². The van der Waals surface area contributed by atoms with E-state index >= 15 is 0 Å². The smallest absolute Gasteiger partial charge is 0.744 e. The van der Waals surface area contributed by atoms with Gasteiger partial charge in [0.25, 0.3) is 0 Å². The Labute approximate surface area is 359 Å². The molecule has 296 valence electrons. The van der Waals surface area contributed by atoms with Crippen molar-refractivity contribution >= 4 is 98.0 Å². The summed E-state index contributed by atoms with van der Waals surface area (Å²) in [7, 11) is -13.8.